The number of aliphatic hydroxyl groups excluding tert-OH is 1. The van der Waals surface area contributed by atoms with Crippen molar-refractivity contribution in [2.24, 2.45) is 0 Å². The molecule has 0 saturated carbocycles. The molecule has 2 nitrogen and oxygen atoms in total. The van der Waals surface area contributed by atoms with Gasteiger partial charge in [0.1, 0.15) is 11.9 Å². The minimum Gasteiger partial charge on any atom is -0.386 e. The number of alkyl halides is 2. The van der Waals surface area contributed by atoms with E-state index in [1.54, 1.807) is 19.1 Å². The molecule has 0 bridgehead atoms. The molecule has 0 aliphatic carbocycles. The number of nitrogens with one attached hydrogen (secondary N) is 1. The molecule has 0 fully saturated rings. The maximum atomic E-state index is 13.4. The fourth-order valence-electron chi connectivity index (χ4n) is 1.34. The molecule has 0 aliphatic heterocycles. The lowest BCUT2D eigenvalue weighted by molar-refractivity contribution is -0.00443. The van der Waals surface area contributed by atoms with Crippen LogP contribution in [0.15, 0.2) is 22.7 Å². The van der Waals surface area contributed by atoms with E-state index in [-0.39, 0.29) is 6.54 Å². The van der Waals surface area contributed by atoms with Gasteiger partial charge < -0.3 is 10.4 Å². The molecule has 0 amide bonds. The van der Waals surface area contributed by atoms with Crippen LogP contribution < -0.4 is 5.32 Å². The summed E-state index contributed by atoms with van der Waals surface area (Å²) in [6.45, 7) is 1.35. The normalized spacial score (nSPS) is 15.0. The maximum Gasteiger partial charge on any atom is 0.265 e. The molecule has 96 valence electrons. The van der Waals surface area contributed by atoms with Crippen LogP contribution in [0.2, 0.25) is 0 Å². The Kier molecular flexibility index (Phi) is 5.42. The zero-order valence-corrected chi connectivity index (χ0v) is 10.7. The van der Waals surface area contributed by atoms with Gasteiger partial charge in [0.2, 0.25) is 0 Å². The predicted octanol–water partition coefficient (Wildman–Crippen LogP) is 2.86. The van der Waals surface area contributed by atoms with Crippen molar-refractivity contribution in [1.29, 1.82) is 0 Å². The molecule has 0 aromatic heterocycles. The third kappa shape index (κ3) is 4.29. The highest BCUT2D eigenvalue weighted by molar-refractivity contribution is 9.10. The summed E-state index contributed by atoms with van der Waals surface area (Å²) in [7, 11) is 0. The first-order valence-electron chi connectivity index (χ1n) is 5.06. The van der Waals surface area contributed by atoms with E-state index in [1.807, 2.05) is 0 Å². The van der Waals surface area contributed by atoms with Crippen molar-refractivity contribution in [2.45, 2.75) is 25.5 Å². The Bertz CT molecular complexity index is 376. The first-order chi connectivity index (χ1) is 7.91. The average Bonchev–Trinajstić information content (AvgIpc) is 2.28. The summed E-state index contributed by atoms with van der Waals surface area (Å²) in [4.78, 5) is 0. The molecule has 0 saturated heterocycles. The molecular formula is C11H13BrF3NO. The topological polar surface area (TPSA) is 32.3 Å². The van der Waals surface area contributed by atoms with Crippen LogP contribution in [0.4, 0.5) is 13.2 Å². The van der Waals surface area contributed by atoms with Crippen molar-refractivity contribution in [1.82, 2.24) is 5.32 Å². The highest BCUT2D eigenvalue weighted by Crippen LogP contribution is 2.21. The van der Waals surface area contributed by atoms with Gasteiger partial charge in [-0.2, -0.15) is 0 Å². The SMILES string of the molecule is CC(NCC(O)C(F)F)c1cc(Br)ccc1F. The fraction of sp³-hybridized carbons (Fsp3) is 0.455. The average molecular weight is 312 g/mol. The second-order valence-electron chi connectivity index (χ2n) is 3.70. The molecule has 0 heterocycles. The second-order valence-corrected chi connectivity index (χ2v) is 4.61. The second kappa shape index (κ2) is 6.37. The van der Waals surface area contributed by atoms with Crippen LogP contribution in [-0.4, -0.2) is 24.2 Å². The summed E-state index contributed by atoms with van der Waals surface area (Å²) < 4.78 is 38.2. The Labute approximate surface area is 106 Å². The summed E-state index contributed by atoms with van der Waals surface area (Å²) in [6, 6.07) is 3.96. The first kappa shape index (κ1) is 14.5. The highest BCUT2D eigenvalue weighted by atomic mass is 79.9. The Morgan fingerprint density at radius 1 is 1.41 bits per heavy atom. The van der Waals surface area contributed by atoms with Crippen LogP contribution in [0.25, 0.3) is 0 Å². The molecule has 1 aromatic rings. The molecule has 2 unspecified atom stereocenters. The highest BCUT2D eigenvalue weighted by Gasteiger charge is 2.18. The number of hydrogen-bond acceptors (Lipinski definition) is 2. The van der Waals surface area contributed by atoms with Gasteiger partial charge in [0, 0.05) is 22.6 Å². The van der Waals surface area contributed by atoms with Crippen LogP contribution in [-0.2, 0) is 0 Å². The molecule has 0 spiro atoms. The van der Waals surface area contributed by atoms with Crippen LogP contribution in [0.3, 0.4) is 0 Å². The van der Waals surface area contributed by atoms with Gasteiger partial charge in [-0.25, -0.2) is 13.2 Å². The smallest absolute Gasteiger partial charge is 0.265 e. The van der Waals surface area contributed by atoms with Crippen molar-refractivity contribution < 1.29 is 18.3 Å². The fourth-order valence-corrected chi connectivity index (χ4v) is 1.72. The van der Waals surface area contributed by atoms with E-state index in [2.05, 4.69) is 21.2 Å². The Balaban J connectivity index is 2.63. The van der Waals surface area contributed by atoms with Crippen molar-refractivity contribution in [3.8, 4) is 0 Å². The van der Waals surface area contributed by atoms with E-state index >= 15 is 0 Å². The van der Waals surface area contributed by atoms with Crippen LogP contribution in [0.5, 0.6) is 0 Å². The third-order valence-corrected chi connectivity index (χ3v) is 2.84. The lowest BCUT2D eigenvalue weighted by atomic mass is 10.1. The van der Waals surface area contributed by atoms with Gasteiger partial charge in [-0.1, -0.05) is 15.9 Å². The zero-order chi connectivity index (χ0) is 13.0. The van der Waals surface area contributed by atoms with E-state index in [0.29, 0.717) is 10.0 Å². The van der Waals surface area contributed by atoms with E-state index in [0.717, 1.165) is 0 Å². The largest absolute Gasteiger partial charge is 0.386 e. The number of rotatable bonds is 5. The number of aliphatic hydroxyl groups is 1. The Morgan fingerprint density at radius 3 is 2.65 bits per heavy atom. The monoisotopic (exact) mass is 311 g/mol. The van der Waals surface area contributed by atoms with Gasteiger partial charge in [-0.05, 0) is 25.1 Å². The van der Waals surface area contributed by atoms with E-state index in [1.165, 1.54) is 6.07 Å². The van der Waals surface area contributed by atoms with Gasteiger partial charge in [-0.15, -0.1) is 0 Å². The van der Waals surface area contributed by atoms with Crippen molar-refractivity contribution in [2.75, 3.05) is 6.54 Å². The van der Waals surface area contributed by atoms with Crippen LogP contribution >= 0.6 is 15.9 Å². The number of halogens is 4. The maximum absolute atomic E-state index is 13.4. The lowest BCUT2D eigenvalue weighted by Gasteiger charge is -2.17. The van der Waals surface area contributed by atoms with Crippen LogP contribution in [0.1, 0.15) is 18.5 Å². The van der Waals surface area contributed by atoms with E-state index < -0.39 is 24.4 Å². The van der Waals surface area contributed by atoms with Gasteiger partial charge >= 0.3 is 0 Å². The molecule has 0 radical (unpaired) electrons. The van der Waals surface area contributed by atoms with Crippen molar-refractivity contribution >= 4 is 15.9 Å². The molecule has 1 aromatic carbocycles. The van der Waals surface area contributed by atoms with E-state index in [9.17, 15) is 13.2 Å². The number of benzene rings is 1. The molecule has 6 heteroatoms. The molecule has 0 aliphatic rings. The summed E-state index contributed by atoms with van der Waals surface area (Å²) >= 11 is 3.20. The molecule has 2 atom stereocenters. The summed E-state index contributed by atoms with van der Waals surface area (Å²) in [5, 5.41) is 11.6. The summed E-state index contributed by atoms with van der Waals surface area (Å²) in [5.74, 6) is -0.417. The molecule has 17 heavy (non-hydrogen) atoms. The van der Waals surface area contributed by atoms with Gasteiger partial charge in [0.05, 0.1) is 0 Å². The van der Waals surface area contributed by atoms with Gasteiger partial charge in [0.25, 0.3) is 6.43 Å². The third-order valence-electron chi connectivity index (χ3n) is 2.35. The Morgan fingerprint density at radius 2 is 2.06 bits per heavy atom. The first-order valence-corrected chi connectivity index (χ1v) is 5.85. The van der Waals surface area contributed by atoms with Gasteiger partial charge in [0.15, 0.2) is 0 Å². The minimum atomic E-state index is -2.80. The van der Waals surface area contributed by atoms with Gasteiger partial charge in [-0.3, -0.25) is 0 Å². The molecular weight excluding hydrogens is 299 g/mol. The summed E-state index contributed by atoms with van der Waals surface area (Å²) in [5.41, 5.74) is 0.362. The minimum absolute atomic E-state index is 0.287. The van der Waals surface area contributed by atoms with Crippen LogP contribution in [0, 0.1) is 5.82 Å². The van der Waals surface area contributed by atoms with Crippen molar-refractivity contribution in [3.05, 3.63) is 34.1 Å². The Hall–Kier alpha value is -0.590. The van der Waals surface area contributed by atoms with E-state index in [4.69, 9.17) is 5.11 Å². The van der Waals surface area contributed by atoms with Crippen molar-refractivity contribution in [3.63, 3.8) is 0 Å². The molecule has 1 rings (SSSR count). The quantitative estimate of drug-likeness (QED) is 0.876. The predicted molar refractivity (Wildman–Crippen MR) is 62.5 cm³/mol. The standard InChI is InChI=1S/C11H13BrF3NO/c1-6(16-5-10(17)11(14)15)8-4-7(12)2-3-9(8)13/h2-4,6,10-11,16-17H,5H2,1H3. The summed E-state index contributed by atoms with van der Waals surface area (Å²) in [6.07, 6.45) is -4.55. The number of hydrogen-bond donors (Lipinski definition) is 2. The lowest BCUT2D eigenvalue weighted by Crippen LogP contribution is -2.33. The molecule has 2 N–H and O–H groups in total. The zero-order valence-electron chi connectivity index (χ0n) is 9.13.